The van der Waals surface area contributed by atoms with Gasteiger partial charge in [0, 0.05) is 75.7 Å². The highest BCUT2D eigenvalue weighted by molar-refractivity contribution is 5.69. The number of carbonyl (C=O) groups excluding carboxylic acids is 1. The number of rotatable bonds is 6. The van der Waals surface area contributed by atoms with Crippen molar-refractivity contribution < 1.29 is 9.53 Å². The predicted octanol–water partition coefficient (Wildman–Crippen LogP) is 3.76. The lowest BCUT2D eigenvalue weighted by atomic mass is 9.98. The van der Waals surface area contributed by atoms with Gasteiger partial charge in [-0.1, -0.05) is 5.21 Å². The molecule has 2 fully saturated rings. The van der Waals surface area contributed by atoms with Gasteiger partial charge in [-0.15, -0.1) is 5.10 Å². The molecule has 1 unspecified atom stereocenters. The number of anilines is 1. The Labute approximate surface area is 266 Å². The highest BCUT2D eigenvalue weighted by atomic mass is 16.6. The van der Waals surface area contributed by atoms with Crippen LogP contribution >= 0.6 is 0 Å². The van der Waals surface area contributed by atoms with E-state index >= 15 is 0 Å². The second-order valence-corrected chi connectivity index (χ2v) is 13.2. The van der Waals surface area contributed by atoms with E-state index in [2.05, 4.69) is 25.3 Å². The van der Waals surface area contributed by atoms with Gasteiger partial charge < -0.3 is 14.5 Å². The summed E-state index contributed by atoms with van der Waals surface area (Å²) in [5, 5.41) is 17.7. The molecule has 15 nitrogen and oxygen atoms in total. The summed E-state index contributed by atoms with van der Waals surface area (Å²) in [5.74, 6) is 1.05. The van der Waals surface area contributed by atoms with E-state index in [-0.39, 0.29) is 12.1 Å². The normalized spacial score (nSPS) is 18.0. The number of fused-ring (bicyclic) bond motifs is 1. The molecule has 0 N–H and O–H groups in total. The van der Waals surface area contributed by atoms with Crippen LogP contribution in [0.5, 0.6) is 0 Å². The van der Waals surface area contributed by atoms with E-state index in [0.717, 1.165) is 61.3 Å². The standard InChI is InChI=1S/C31H39N13O2/c1-31(2,3)46-30(45)41-11-7-24(8-12-41)43-13-9-25(38-43)22-14-33-29(34-15-22)42-10-5-6-21(18-42)19-44-28-27(37-39-44)32-17-26(36-28)23-16-35-40(4)20-23/h9,13-17,20-21,24H,5-8,10-12,18-19H2,1-4H3. The van der Waals surface area contributed by atoms with Gasteiger partial charge in [0.1, 0.15) is 5.60 Å². The summed E-state index contributed by atoms with van der Waals surface area (Å²) in [4.78, 5) is 35.2. The lowest BCUT2D eigenvalue weighted by Crippen LogP contribution is -2.42. The van der Waals surface area contributed by atoms with Crippen LogP contribution in [0.3, 0.4) is 0 Å². The number of amides is 1. The van der Waals surface area contributed by atoms with Crippen LogP contribution in [0.4, 0.5) is 10.7 Å². The molecule has 15 heteroatoms. The van der Waals surface area contributed by atoms with E-state index in [1.54, 1.807) is 22.0 Å². The number of hydrogen-bond donors (Lipinski definition) is 0. The van der Waals surface area contributed by atoms with Crippen LogP contribution in [-0.4, -0.2) is 97.3 Å². The Hall–Kier alpha value is -4.95. The molecule has 1 amide bonds. The molecule has 240 valence electrons. The molecule has 2 saturated heterocycles. The van der Waals surface area contributed by atoms with Crippen molar-refractivity contribution in [3.05, 3.63) is 43.2 Å². The van der Waals surface area contributed by atoms with Crippen molar-refractivity contribution >= 4 is 23.3 Å². The van der Waals surface area contributed by atoms with Crippen molar-refractivity contribution in [3.63, 3.8) is 0 Å². The SMILES string of the molecule is Cn1cc(-c2cnc3nnn(CC4CCCN(c5ncc(-c6ccn(C7CCN(C(=O)OC(C)(C)C)CC7)n6)cn5)C4)c3n2)cn1. The fourth-order valence-corrected chi connectivity index (χ4v) is 6.16. The summed E-state index contributed by atoms with van der Waals surface area (Å²) in [6.07, 6.45) is 14.6. The first-order chi connectivity index (χ1) is 22.2. The molecule has 0 aromatic carbocycles. The van der Waals surface area contributed by atoms with Gasteiger partial charge in [0.15, 0.2) is 5.65 Å². The van der Waals surface area contributed by atoms with E-state index in [1.807, 2.05) is 68.0 Å². The zero-order chi connectivity index (χ0) is 31.8. The van der Waals surface area contributed by atoms with Gasteiger partial charge in [0.2, 0.25) is 11.6 Å². The fourth-order valence-electron chi connectivity index (χ4n) is 6.16. The Kier molecular flexibility index (Phi) is 7.82. The molecule has 5 aromatic rings. The van der Waals surface area contributed by atoms with Gasteiger partial charge in [0.05, 0.1) is 29.8 Å². The maximum absolute atomic E-state index is 12.4. The lowest BCUT2D eigenvalue weighted by molar-refractivity contribution is 0.0185. The molecule has 0 saturated carbocycles. The summed E-state index contributed by atoms with van der Waals surface area (Å²) in [6, 6.07) is 2.23. The van der Waals surface area contributed by atoms with Crippen molar-refractivity contribution in [2.24, 2.45) is 13.0 Å². The fraction of sp³-hybridized carbons (Fsp3) is 0.516. The third-order valence-corrected chi connectivity index (χ3v) is 8.49. The Morgan fingerprint density at radius 2 is 1.78 bits per heavy atom. The van der Waals surface area contributed by atoms with E-state index < -0.39 is 5.60 Å². The Morgan fingerprint density at radius 3 is 2.52 bits per heavy atom. The van der Waals surface area contributed by atoms with E-state index in [9.17, 15) is 4.79 Å². The molecule has 2 aliphatic heterocycles. The maximum Gasteiger partial charge on any atom is 0.410 e. The molecule has 46 heavy (non-hydrogen) atoms. The molecule has 7 heterocycles. The molecule has 0 aliphatic carbocycles. The molecular weight excluding hydrogens is 586 g/mol. The number of hydrogen-bond acceptors (Lipinski definition) is 11. The molecule has 2 aliphatic rings. The first-order valence-corrected chi connectivity index (χ1v) is 15.8. The predicted molar refractivity (Wildman–Crippen MR) is 170 cm³/mol. The monoisotopic (exact) mass is 625 g/mol. The van der Waals surface area contributed by atoms with Gasteiger partial charge in [-0.2, -0.15) is 10.2 Å². The Balaban J connectivity index is 0.968. The second kappa shape index (κ2) is 12.1. The minimum absolute atomic E-state index is 0.230. The van der Waals surface area contributed by atoms with Gasteiger partial charge >= 0.3 is 6.09 Å². The van der Waals surface area contributed by atoms with E-state index in [0.29, 0.717) is 42.8 Å². The second-order valence-electron chi connectivity index (χ2n) is 13.2. The zero-order valence-electron chi connectivity index (χ0n) is 26.7. The molecule has 7 rings (SSSR count). The van der Waals surface area contributed by atoms with Crippen LogP contribution in [-0.2, 0) is 18.3 Å². The minimum atomic E-state index is -0.493. The van der Waals surface area contributed by atoms with Crippen LogP contribution in [0.25, 0.3) is 33.8 Å². The van der Waals surface area contributed by atoms with Crippen LogP contribution < -0.4 is 4.90 Å². The van der Waals surface area contributed by atoms with Gasteiger partial charge in [-0.3, -0.25) is 9.36 Å². The summed E-state index contributed by atoms with van der Waals surface area (Å²) in [5.41, 5.74) is 4.08. The molecule has 1 atom stereocenters. The van der Waals surface area contributed by atoms with Crippen molar-refractivity contribution in [2.45, 2.75) is 64.6 Å². The topological polar surface area (TPSA) is 151 Å². The third-order valence-electron chi connectivity index (χ3n) is 8.49. The summed E-state index contributed by atoms with van der Waals surface area (Å²) in [7, 11) is 1.88. The van der Waals surface area contributed by atoms with Gasteiger partial charge in [-0.25, -0.2) is 29.4 Å². The van der Waals surface area contributed by atoms with Crippen LogP contribution in [0.15, 0.2) is 43.2 Å². The first kappa shape index (κ1) is 29.7. The summed E-state index contributed by atoms with van der Waals surface area (Å²) >= 11 is 0. The number of nitrogens with zero attached hydrogens (tertiary/aromatic N) is 13. The van der Waals surface area contributed by atoms with Crippen LogP contribution in [0.2, 0.25) is 0 Å². The zero-order valence-corrected chi connectivity index (χ0v) is 26.7. The Morgan fingerprint density at radius 1 is 0.978 bits per heavy atom. The van der Waals surface area contributed by atoms with Crippen LogP contribution in [0, 0.1) is 5.92 Å². The maximum atomic E-state index is 12.4. The van der Waals surface area contributed by atoms with Crippen molar-refractivity contribution in [1.29, 1.82) is 0 Å². The molecule has 5 aromatic heterocycles. The van der Waals surface area contributed by atoms with Crippen molar-refractivity contribution in [3.8, 4) is 22.5 Å². The number of piperidine rings is 2. The van der Waals surface area contributed by atoms with E-state index in [4.69, 9.17) is 24.8 Å². The highest BCUT2D eigenvalue weighted by Crippen LogP contribution is 2.27. The number of carbonyl (C=O) groups is 1. The number of aryl methyl sites for hydroxylation is 1. The molecule has 0 radical (unpaired) electrons. The van der Waals surface area contributed by atoms with Gasteiger partial charge in [0.25, 0.3) is 0 Å². The number of likely N-dealkylation sites (tertiary alicyclic amines) is 1. The quantitative estimate of drug-likeness (QED) is 0.271. The highest BCUT2D eigenvalue weighted by Gasteiger charge is 2.28. The average Bonchev–Trinajstić information content (AvgIpc) is 3.81. The van der Waals surface area contributed by atoms with Crippen molar-refractivity contribution in [2.75, 3.05) is 31.1 Å². The summed E-state index contributed by atoms with van der Waals surface area (Å²) < 4.78 is 11.1. The number of ether oxygens (including phenoxy) is 1. The third kappa shape index (κ3) is 6.39. The Bertz CT molecular complexity index is 1810. The van der Waals surface area contributed by atoms with Crippen molar-refractivity contribution in [1.82, 2.24) is 59.4 Å². The van der Waals surface area contributed by atoms with Gasteiger partial charge in [-0.05, 0) is 58.4 Å². The number of aromatic nitrogens is 11. The lowest BCUT2D eigenvalue weighted by Gasteiger charge is -2.33. The molecule has 0 spiro atoms. The van der Waals surface area contributed by atoms with Crippen LogP contribution in [0.1, 0.15) is 52.5 Å². The largest absolute Gasteiger partial charge is 0.444 e. The first-order valence-electron chi connectivity index (χ1n) is 15.8. The summed E-state index contributed by atoms with van der Waals surface area (Å²) in [6.45, 7) is 9.36. The average molecular weight is 626 g/mol. The minimum Gasteiger partial charge on any atom is -0.444 e. The molecule has 0 bridgehead atoms. The smallest absolute Gasteiger partial charge is 0.410 e. The van der Waals surface area contributed by atoms with E-state index in [1.165, 1.54) is 0 Å². The molecular formula is C31H39N13O2.